The summed E-state index contributed by atoms with van der Waals surface area (Å²) in [7, 11) is 0. The number of aromatic carboxylic acids is 2. The van der Waals surface area contributed by atoms with E-state index in [0.29, 0.717) is 0 Å². The third-order valence-electron chi connectivity index (χ3n) is 3.25. The Bertz CT molecular complexity index is 844. The van der Waals surface area contributed by atoms with Crippen LogP contribution in [-0.4, -0.2) is 33.0 Å². The highest BCUT2D eigenvalue weighted by Gasteiger charge is 2.17. The normalized spacial score (nSPS) is 10.1. The number of para-hydroxylation sites is 1. The Balaban J connectivity index is 2.25. The van der Waals surface area contributed by atoms with Gasteiger partial charge in [-0.1, -0.05) is 18.2 Å². The Labute approximate surface area is 140 Å². The molecule has 0 saturated heterocycles. The van der Waals surface area contributed by atoms with Gasteiger partial charge in [0.25, 0.3) is 5.69 Å². The van der Waals surface area contributed by atoms with Crippen molar-refractivity contribution in [2.24, 2.45) is 0 Å². The van der Waals surface area contributed by atoms with E-state index in [1.165, 1.54) is 18.2 Å². The lowest BCUT2D eigenvalue weighted by Gasteiger charge is -2.08. The Hall–Kier alpha value is -3.75. The number of nitrogens with zero attached hydrogens (tertiary/aromatic N) is 1. The smallest absolute Gasteiger partial charge is 0.335 e. The summed E-state index contributed by atoms with van der Waals surface area (Å²) in [6, 6.07) is 8.86. The van der Waals surface area contributed by atoms with Crippen molar-refractivity contribution in [2.75, 3.05) is 5.32 Å². The van der Waals surface area contributed by atoms with E-state index >= 15 is 0 Å². The van der Waals surface area contributed by atoms with Crippen molar-refractivity contribution in [2.45, 2.75) is 6.42 Å². The molecule has 2 rings (SSSR count). The predicted octanol–water partition coefficient (Wildman–Crippen LogP) is 2.17. The molecule has 25 heavy (non-hydrogen) atoms. The molecular weight excluding hydrogens is 332 g/mol. The first-order valence-electron chi connectivity index (χ1n) is 6.91. The number of nitro groups is 1. The van der Waals surface area contributed by atoms with Crippen LogP contribution in [0, 0.1) is 10.1 Å². The van der Waals surface area contributed by atoms with Crippen molar-refractivity contribution < 1.29 is 29.5 Å². The van der Waals surface area contributed by atoms with Crippen molar-refractivity contribution in [1.29, 1.82) is 0 Å². The average Bonchev–Trinajstić information content (AvgIpc) is 2.54. The summed E-state index contributed by atoms with van der Waals surface area (Å²) in [5, 5.41) is 31.3. The Kier molecular flexibility index (Phi) is 5.08. The minimum atomic E-state index is -1.35. The summed E-state index contributed by atoms with van der Waals surface area (Å²) in [6.45, 7) is 0. The monoisotopic (exact) mass is 344 g/mol. The van der Waals surface area contributed by atoms with Crippen LogP contribution < -0.4 is 5.32 Å². The number of carboxylic acids is 2. The number of carbonyl (C=O) groups is 3. The minimum Gasteiger partial charge on any atom is -0.478 e. The van der Waals surface area contributed by atoms with Crippen molar-refractivity contribution >= 4 is 29.2 Å². The average molecular weight is 344 g/mol. The molecular formula is C16H12N2O7. The van der Waals surface area contributed by atoms with Gasteiger partial charge in [-0.15, -0.1) is 0 Å². The van der Waals surface area contributed by atoms with E-state index in [1.807, 2.05) is 0 Å². The summed E-state index contributed by atoms with van der Waals surface area (Å²) in [6.07, 6.45) is -0.323. The number of hydrogen-bond donors (Lipinski definition) is 3. The zero-order valence-corrected chi connectivity index (χ0v) is 12.6. The highest BCUT2D eigenvalue weighted by Crippen LogP contribution is 2.20. The summed E-state index contributed by atoms with van der Waals surface area (Å²) in [5.41, 5.74) is -0.677. The molecule has 0 unspecified atom stereocenters. The van der Waals surface area contributed by atoms with Crippen molar-refractivity contribution in [1.82, 2.24) is 0 Å². The van der Waals surface area contributed by atoms with Crippen LogP contribution in [0.1, 0.15) is 26.3 Å². The molecule has 9 nitrogen and oxygen atoms in total. The molecule has 0 bridgehead atoms. The van der Waals surface area contributed by atoms with Crippen LogP contribution >= 0.6 is 0 Å². The number of rotatable bonds is 6. The lowest BCUT2D eigenvalue weighted by Crippen LogP contribution is -2.16. The van der Waals surface area contributed by atoms with Gasteiger partial charge in [0.2, 0.25) is 5.91 Å². The maximum absolute atomic E-state index is 12.1. The molecule has 0 aliphatic heterocycles. The van der Waals surface area contributed by atoms with Gasteiger partial charge in [0.05, 0.1) is 22.5 Å². The fourth-order valence-electron chi connectivity index (χ4n) is 2.16. The fourth-order valence-corrected chi connectivity index (χ4v) is 2.16. The van der Waals surface area contributed by atoms with Crippen LogP contribution in [0.15, 0.2) is 42.5 Å². The number of nitro benzene ring substituents is 1. The Morgan fingerprint density at radius 3 is 2.08 bits per heavy atom. The van der Waals surface area contributed by atoms with Crippen LogP contribution in [0.5, 0.6) is 0 Å². The van der Waals surface area contributed by atoms with Gasteiger partial charge in [-0.25, -0.2) is 9.59 Å². The number of benzene rings is 2. The SMILES string of the molecule is O=C(Cc1ccccc1[N+](=O)[O-])Nc1cc(C(=O)O)cc(C(=O)O)c1. The van der Waals surface area contributed by atoms with E-state index in [0.717, 1.165) is 18.2 Å². The van der Waals surface area contributed by atoms with Gasteiger partial charge in [-0.2, -0.15) is 0 Å². The van der Waals surface area contributed by atoms with Crippen LogP contribution in [0.2, 0.25) is 0 Å². The van der Waals surface area contributed by atoms with Crippen LogP contribution in [0.3, 0.4) is 0 Å². The molecule has 0 fully saturated rings. The summed E-state index contributed by atoms with van der Waals surface area (Å²) < 4.78 is 0. The van der Waals surface area contributed by atoms with Gasteiger partial charge >= 0.3 is 11.9 Å². The summed E-state index contributed by atoms with van der Waals surface area (Å²) >= 11 is 0. The molecule has 0 heterocycles. The molecule has 0 spiro atoms. The van der Waals surface area contributed by atoms with Gasteiger partial charge in [0.1, 0.15) is 0 Å². The van der Waals surface area contributed by atoms with Crippen molar-refractivity contribution in [3.05, 3.63) is 69.3 Å². The summed E-state index contributed by atoms with van der Waals surface area (Å²) in [5.74, 6) is -3.34. The second kappa shape index (κ2) is 7.21. The maximum Gasteiger partial charge on any atom is 0.335 e. The molecule has 0 saturated carbocycles. The highest BCUT2D eigenvalue weighted by atomic mass is 16.6. The number of carboxylic acid groups (broad SMARTS) is 2. The van der Waals surface area contributed by atoms with Crippen LogP contribution in [-0.2, 0) is 11.2 Å². The molecule has 0 radical (unpaired) electrons. The van der Waals surface area contributed by atoms with E-state index < -0.39 is 22.8 Å². The van der Waals surface area contributed by atoms with Crippen molar-refractivity contribution in [3.63, 3.8) is 0 Å². The van der Waals surface area contributed by atoms with E-state index in [4.69, 9.17) is 10.2 Å². The molecule has 0 aliphatic carbocycles. The van der Waals surface area contributed by atoms with Gasteiger partial charge < -0.3 is 15.5 Å². The van der Waals surface area contributed by atoms with E-state index in [1.54, 1.807) is 6.07 Å². The molecule has 0 aliphatic rings. The standard InChI is InChI=1S/C16H12N2O7/c19-14(8-9-3-1-2-4-13(9)18(24)25)17-12-6-10(15(20)21)5-11(7-12)16(22)23/h1-7H,8H2,(H,17,19)(H,20,21)(H,22,23). The number of carbonyl (C=O) groups excluding carboxylic acids is 1. The molecule has 0 atom stereocenters. The molecule has 128 valence electrons. The second-order valence-electron chi connectivity index (χ2n) is 5.02. The minimum absolute atomic E-state index is 0.0270. The number of anilines is 1. The number of nitrogens with one attached hydrogen (secondary N) is 1. The molecule has 1 amide bonds. The Morgan fingerprint density at radius 2 is 1.56 bits per heavy atom. The van der Waals surface area contributed by atoms with E-state index in [2.05, 4.69) is 5.32 Å². The quantitative estimate of drug-likeness (QED) is 0.537. The molecule has 0 aromatic heterocycles. The zero-order chi connectivity index (χ0) is 18.6. The first-order chi connectivity index (χ1) is 11.8. The molecule has 2 aromatic carbocycles. The number of hydrogen-bond acceptors (Lipinski definition) is 5. The topological polar surface area (TPSA) is 147 Å². The third kappa shape index (κ3) is 4.38. The first kappa shape index (κ1) is 17.6. The van der Waals surface area contributed by atoms with Gasteiger partial charge in [0.15, 0.2) is 0 Å². The largest absolute Gasteiger partial charge is 0.478 e. The van der Waals surface area contributed by atoms with Gasteiger partial charge in [0, 0.05) is 17.3 Å². The zero-order valence-electron chi connectivity index (χ0n) is 12.6. The predicted molar refractivity (Wildman–Crippen MR) is 85.8 cm³/mol. The van der Waals surface area contributed by atoms with E-state index in [-0.39, 0.29) is 34.5 Å². The number of amides is 1. The Morgan fingerprint density at radius 1 is 1.00 bits per heavy atom. The lowest BCUT2D eigenvalue weighted by atomic mass is 10.1. The lowest BCUT2D eigenvalue weighted by molar-refractivity contribution is -0.385. The van der Waals surface area contributed by atoms with Crippen LogP contribution in [0.25, 0.3) is 0 Å². The molecule has 2 aromatic rings. The van der Waals surface area contributed by atoms with Crippen LogP contribution in [0.4, 0.5) is 11.4 Å². The third-order valence-corrected chi connectivity index (χ3v) is 3.25. The van der Waals surface area contributed by atoms with Gasteiger partial charge in [-0.05, 0) is 18.2 Å². The fraction of sp³-hybridized carbons (Fsp3) is 0.0625. The summed E-state index contributed by atoms with van der Waals surface area (Å²) in [4.78, 5) is 44.5. The van der Waals surface area contributed by atoms with E-state index in [9.17, 15) is 24.5 Å². The van der Waals surface area contributed by atoms with Crippen molar-refractivity contribution in [3.8, 4) is 0 Å². The second-order valence-corrected chi connectivity index (χ2v) is 5.02. The van der Waals surface area contributed by atoms with Gasteiger partial charge in [-0.3, -0.25) is 14.9 Å². The highest BCUT2D eigenvalue weighted by molar-refractivity contribution is 5.99. The maximum atomic E-state index is 12.1. The molecule has 3 N–H and O–H groups in total. The molecule has 9 heteroatoms. The first-order valence-corrected chi connectivity index (χ1v) is 6.91.